The molecule has 1 saturated carbocycles. The number of amides is 1. The Labute approximate surface area is 131 Å². The normalized spacial score (nSPS) is 14.3. The van der Waals surface area contributed by atoms with Gasteiger partial charge in [0.05, 0.1) is 5.02 Å². The molecule has 1 aliphatic rings. The van der Waals surface area contributed by atoms with Crippen LogP contribution in [-0.2, 0) is 11.3 Å². The predicted octanol–water partition coefficient (Wildman–Crippen LogP) is 2.74. The molecule has 116 valence electrons. The van der Waals surface area contributed by atoms with Gasteiger partial charge in [0.25, 0.3) is 5.91 Å². The van der Waals surface area contributed by atoms with E-state index in [0.29, 0.717) is 29.3 Å². The standard InChI is InChI=1S/C16H23ClN2O2/c1-11(2)18-9-13-4-3-5-14(17)16(13)21-10-15(20)19-8-12-6-7-12/h3-5,11-12,18H,6-10H2,1-2H3,(H,19,20). The van der Waals surface area contributed by atoms with Crippen LogP contribution >= 0.6 is 11.6 Å². The highest BCUT2D eigenvalue weighted by Crippen LogP contribution is 2.29. The molecule has 0 aliphatic heterocycles. The Morgan fingerprint density at radius 2 is 2.19 bits per heavy atom. The van der Waals surface area contributed by atoms with Crippen LogP contribution in [0, 0.1) is 5.92 Å². The topological polar surface area (TPSA) is 50.4 Å². The summed E-state index contributed by atoms with van der Waals surface area (Å²) < 4.78 is 5.63. The minimum Gasteiger partial charge on any atom is -0.482 e. The van der Waals surface area contributed by atoms with Gasteiger partial charge < -0.3 is 15.4 Å². The summed E-state index contributed by atoms with van der Waals surface area (Å²) in [5, 5.41) is 6.74. The van der Waals surface area contributed by atoms with Gasteiger partial charge >= 0.3 is 0 Å². The third-order valence-electron chi connectivity index (χ3n) is 3.38. The molecule has 0 saturated heterocycles. The van der Waals surface area contributed by atoms with Crippen LogP contribution in [0.1, 0.15) is 32.3 Å². The molecule has 1 aliphatic carbocycles. The van der Waals surface area contributed by atoms with Crippen LogP contribution in [0.2, 0.25) is 5.02 Å². The first kappa shape index (κ1) is 16.1. The Balaban J connectivity index is 1.88. The summed E-state index contributed by atoms with van der Waals surface area (Å²) in [4.78, 5) is 11.7. The molecule has 0 bridgehead atoms. The quantitative estimate of drug-likeness (QED) is 0.776. The van der Waals surface area contributed by atoms with Crippen molar-refractivity contribution in [3.8, 4) is 5.75 Å². The van der Waals surface area contributed by atoms with Gasteiger partial charge in [-0.3, -0.25) is 4.79 Å². The molecule has 1 amide bonds. The van der Waals surface area contributed by atoms with E-state index in [2.05, 4.69) is 24.5 Å². The van der Waals surface area contributed by atoms with Gasteiger partial charge in [-0.2, -0.15) is 0 Å². The lowest BCUT2D eigenvalue weighted by molar-refractivity contribution is -0.123. The molecule has 2 N–H and O–H groups in total. The number of carbonyl (C=O) groups excluding carboxylic acids is 1. The predicted molar refractivity (Wildman–Crippen MR) is 84.7 cm³/mol. The van der Waals surface area contributed by atoms with E-state index in [9.17, 15) is 4.79 Å². The van der Waals surface area contributed by atoms with Gasteiger partial charge in [-0.25, -0.2) is 0 Å². The summed E-state index contributed by atoms with van der Waals surface area (Å²) >= 11 is 6.18. The lowest BCUT2D eigenvalue weighted by atomic mass is 10.2. The van der Waals surface area contributed by atoms with Crippen molar-refractivity contribution in [3.05, 3.63) is 28.8 Å². The molecular formula is C16H23ClN2O2. The van der Waals surface area contributed by atoms with Gasteiger partial charge in [0.2, 0.25) is 0 Å². The van der Waals surface area contributed by atoms with Crippen molar-refractivity contribution >= 4 is 17.5 Å². The van der Waals surface area contributed by atoms with Gasteiger partial charge in [-0.1, -0.05) is 37.6 Å². The zero-order chi connectivity index (χ0) is 15.2. The Morgan fingerprint density at radius 1 is 1.43 bits per heavy atom. The number of benzene rings is 1. The number of para-hydroxylation sites is 1. The highest BCUT2D eigenvalue weighted by molar-refractivity contribution is 6.32. The first-order chi connectivity index (χ1) is 10.1. The van der Waals surface area contributed by atoms with Crippen LogP contribution in [0.3, 0.4) is 0 Å². The fraction of sp³-hybridized carbons (Fsp3) is 0.562. The molecule has 0 spiro atoms. The molecule has 1 aromatic rings. The molecule has 21 heavy (non-hydrogen) atoms. The SMILES string of the molecule is CC(C)NCc1cccc(Cl)c1OCC(=O)NCC1CC1. The van der Waals surface area contributed by atoms with E-state index in [0.717, 1.165) is 12.1 Å². The Kier molecular flexibility index (Phi) is 5.88. The number of halogens is 1. The molecule has 0 radical (unpaired) electrons. The van der Waals surface area contributed by atoms with E-state index in [1.54, 1.807) is 6.07 Å². The number of hydrogen-bond donors (Lipinski definition) is 2. The lowest BCUT2D eigenvalue weighted by Gasteiger charge is -2.15. The maximum atomic E-state index is 11.7. The van der Waals surface area contributed by atoms with Crippen molar-refractivity contribution < 1.29 is 9.53 Å². The van der Waals surface area contributed by atoms with Crippen molar-refractivity contribution in [1.29, 1.82) is 0 Å². The van der Waals surface area contributed by atoms with E-state index in [4.69, 9.17) is 16.3 Å². The van der Waals surface area contributed by atoms with E-state index in [-0.39, 0.29) is 12.5 Å². The summed E-state index contributed by atoms with van der Waals surface area (Å²) in [7, 11) is 0. The second kappa shape index (κ2) is 7.66. The average molecular weight is 311 g/mol. The van der Waals surface area contributed by atoms with Crippen LogP contribution < -0.4 is 15.4 Å². The molecule has 0 atom stereocenters. The molecule has 1 fully saturated rings. The monoisotopic (exact) mass is 310 g/mol. The Bertz CT molecular complexity index is 487. The largest absolute Gasteiger partial charge is 0.482 e. The minimum absolute atomic E-state index is 0.00509. The van der Waals surface area contributed by atoms with Crippen molar-refractivity contribution in [2.75, 3.05) is 13.2 Å². The summed E-state index contributed by atoms with van der Waals surface area (Å²) in [6.45, 7) is 5.58. The molecule has 2 rings (SSSR count). The van der Waals surface area contributed by atoms with E-state index in [1.807, 2.05) is 12.1 Å². The first-order valence-corrected chi connectivity index (χ1v) is 7.84. The van der Waals surface area contributed by atoms with Crippen LogP contribution in [0.4, 0.5) is 0 Å². The molecular weight excluding hydrogens is 288 g/mol. The number of nitrogens with one attached hydrogen (secondary N) is 2. The Morgan fingerprint density at radius 3 is 2.86 bits per heavy atom. The number of carbonyl (C=O) groups is 1. The van der Waals surface area contributed by atoms with Crippen molar-refractivity contribution in [3.63, 3.8) is 0 Å². The highest BCUT2D eigenvalue weighted by Gasteiger charge is 2.21. The maximum Gasteiger partial charge on any atom is 0.257 e. The summed E-state index contributed by atoms with van der Waals surface area (Å²) in [6.07, 6.45) is 2.44. The third kappa shape index (κ3) is 5.56. The van der Waals surface area contributed by atoms with Crippen LogP contribution in [0.5, 0.6) is 5.75 Å². The molecule has 0 heterocycles. The fourth-order valence-electron chi connectivity index (χ4n) is 1.94. The number of ether oxygens (including phenoxy) is 1. The van der Waals surface area contributed by atoms with Crippen LogP contribution in [0.15, 0.2) is 18.2 Å². The second-order valence-corrected chi connectivity index (χ2v) is 6.21. The van der Waals surface area contributed by atoms with Crippen LogP contribution in [-0.4, -0.2) is 25.1 Å². The number of rotatable bonds is 8. The number of hydrogen-bond acceptors (Lipinski definition) is 3. The zero-order valence-corrected chi connectivity index (χ0v) is 13.4. The molecule has 4 nitrogen and oxygen atoms in total. The van der Waals surface area contributed by atoms with Gasteiger partial charge in [0.1, 0.15) is 5.75 Å². The molecule has 5 heteroatoms. The van der Waals surface area contributed by atoms with E-state index < -0.39 is 0 Å². The van der Waals surface area contributed by atoms with Crippen molar-refractivity contribution in [1.82, 2.24) is 10.6 Å². The summed E-state index contributed by atoms with van der Waals surface area (Å²) in [6, 6.07) is 6.00. The van der Waals surface area contributed by atoms with E-state index in [1.165, 1.54) is 12.8 Å². The van der Waals surface area contributed by atoms with Crippen molar-refractivity contribution in [2.45, 2.75) is 39.3 Å². The molecule has 0 unspecified atom stereocenters. The molecule has 1 aromatic carbocycles. The zero-order valence-electron chi connectivity index (χ0n) is 12.6. The van der Waals surface area contributed by atoms with Gasteiger partial charge in [-0.15, -0.1) is 0 Å². The maximum absolute atomic E-state index is 11.7. The Hall–Kier alpha value is -1.26. The van der Waals surface area contributed by atoms with Gasteiger partial charge in [0, 0.05) is 24.7 Å². The minimum atomic E-state index is -0.0930. The van der Waals surface area contributed by atoms with Crippen LogP contribution in [0.25, 0.3) is 0 Å². The smallest absolute Gasteiger partial charge is 0.257 e. The second-order valence-electron chi connectivity index (χ2n) is 5.80. The highest BCUT2D eigenvalue weighted by atomic mass is 35.5. The fourth-order valence-corrected chi connectivity index (χ4v) is 2.19. The molecule has 0 aromatic heterocycles. The van der Waals surface area contributed by atoms with Gasteiger partial charge in [0.15, 0.2) is 6.61 Å². The summed E-state index contributed by atoms with van der Waals surface area (Å²) in [5.41, 5.74) is 0.964. The third-order valence-corrected chi connectivity index (χ3v) is 3.68. The first-order valence-electron chi connectivity index (χ1n) is 7.46. The summed E-state index contributed by atoms with van der Waals surface area (Å²) in [5.74, 6) is 1.17. The van der Waals surface area contributed by atoms with Crippen molar-refractivity contribution in [2.24, 2.45) is 5.92 Å². The lowest BCUT2D eigenvalue weighted by Crippen LogP contribution is -2.30. The average Bonchev–Trinajstić information content (AvgIpc) is 3.26. The van der Waals surface area contributed by atoms with Gasteiger partial charge in [-0.05, 0) is 24.8 Å². The van der Waals surface area contributed by atoms with E-state index >= 15 is 0 Å².